The van der Waals surface area contributed by atoms with E-state index in [0.29, 0.717) is 5.02 Å². The first-order chi connectivity index (χ1) is 12.3. The third-order valence-electron chi connectivity index (χ3n) is 6.26. The van der Waals surface area contributed by atoms with Gasteiger partial charge in [-0.3, -0.25) is 4.79 Å². The SMILES string of the molecule is C[C@H](OC(=O)c1ccc(Cl)cc1O)C(=O)NC12CC3CC(CC(C3)C1)C2. The lowest BCUT2D eigenvalue weighted by molar-refractivity contribution is -0.134. The zero-order valence-electron chi connectivity index (χ0n) is 14.8. The summed E-state index contributed by atoms with van der Waals surface area (Å²) < 4.78 is 5.28. The first kappa shape index (κ1) is 17.7. The van der Waals surface area contributed by atoms with Crippen LogP contribution in [0.5, 0.6) is 5.75 Å². The van der Waals surface area contributed by atoms with E-state index in [2.05, 4.69) is 5.32 Å². The van der Waals surface area contributed by atoms with Gasteiger partial charge in [0.2, 0.25) is 0 Å². The van der Waals surface area contributed by atoms with Crippen LogP contribution in [0.3, 0.4) is 0 Å². The number of amides is 1. The monoisotopic (exact) mass is 377 g/mol. The summed E-state index contributed by atoms with van der Waals surface area (Å²) >= 11 is 5.77. The zero-order chi connectivity index (χ0) is 18.5. The number of phenols is 1. The summed E-state index contributed by atoms with van der Waals surface area (Å²) in [4.78, 5) is 24.9. The van der Waals surface area contributed by atoms with Gasteiger partial charge >= 0.3 is 5.97 Å². The van der Waals surface area contributed by atoms with Crippen molar-refractivity contribution in [1.82, 2.24) is 5.32 Å². The molecule has 0 radical (unpaired) electrons. The van der Waals surface area contributed by atoms with Crippen molar-refractivity contribution < 1.29 is 19.4 Å². The molecule has 4 bridgehead atoms. The van der Waals surface area contributed by atoms with Crippen molar-refractivity contribution in [3.05, 3.63) is 28.8 Å². The van der Waals surface area contributed by atoms with Crippen molar-refractivity contribution in [2.45, 2.75) is 57.1 Å². The summed E-state index contributed by atoms with van der Waals surface area (Å²) in [5.74, 6) is 0.943. The van der Waals surface area contributed by atoms with E-state index in [9.17, 15) is 14.7 Å². The molecule has 140 valence electrons. The van der Waals surface area contributed by atoms with E-state index in [1.165, 1.54) is 37.5 Å². The smallest absolute Gasteiger partial charge is 0.342 e. The first-order valence-corrected chi connectivity index (χ1v) is 9.73. The molecule has 1 aromatic carbocycles. The van der Waals surface area contributed by atoms with Gasteiger partial charge in [-0.25, -0.2) is 4.79 Å². The molecule has 5 rings (SSSR count). The fourth-order valence-corrected chi connectivity index (χ4v) is 5.75. The number of carbonyl (C=O) groups excluding carboxylic acids is 2. The van der Waals surface area contributed by atoms with Crippen LogP contribution in [-0.2, 0) is 9.53 Å². The molecule has 1 atom stereocenters. The maximum Gasteiger partial charge on any atom is 0.342 e. The molecule has 0 unspecified atom stereocenters. The Balaban J connectivity index is 1.40. The second-order valence-electron chi connectivity index (χ2n) is 8.40. The highest BCUT2D eigenvalue weighted by molar-refractivity contribution is 6.30. The van der Waals surface area contributed by atoms with E-state index in [0.717, 1.165) is 37.0 Å². The Morgan fingerprint density at radius 3 is 2.31 bits per heavy atom. The maximum atomic E-state index is 12.7. The summed E-state index contributed by atoms with van der Waals surface area (Å²) in [5, 5.41) is 13.4. The molecular weight excluding hydrogens is 354 g/mol. The molecule has 4 aliphatic carbocycles. The van der Waals surface area contributed by atoms with Crippen LogP contribution in [0.15, 0.2) is 18.2 Å². The van der Waals surface area contributed by atoms with E-state index in [-0.39, 0.29) is 22.8 Å². The Bertz CT molecular complexity index is 712. The summed E-state index contributed by atoms with van der Waals surface area (Å²) in [6.45, 7) is 1.57. The van der Waals surface area contributed by atoms with Crippen molar-refractivity contribution in [2.24, 2.45) is 17.8 Å². The minimum absolute atomic E-state index is 0.00357. The van der Waals surface area contributed by atoms with Gasteiger partial charge in [0, 0.05) is 10.6 Å². The minimum Gasteiger partial charge on any atom is -0.507 e. The third kappa shape index (κ3) is 3.29. The van der Waals surface area contributed by atoms with E-state index >= 15 is 0 Å². The Morgan fingerprint density at radius 2 is 1.77 bits per heavy atom. The molecule has 0 aliphatic heterocycles. The van der Waals surface area contributed by atoms with Gasteiger partial charge in [0.15, 0.2) is 6.10 Å². The van der Waals surface area contributed by atoms with Gasteiger partial charge in [-0.15, -0.1) is 0 Å². The van der Waals surface area contributed by atoms with E-state index < -0.39 is 12.1 Å². The number of hydrogen-bond donors (Lipinski definition) is 2. The van der Waals surface area contributed by atoms with Gasteiger partial charge < -0.3 is 15.2 Å². The number of aromatic hydroxyl groups is 1. The Kier molecular flexibility index (Phi) is 4.38. The normalized spacial score (nSPS) is 32.9. The molecule has 6 heteroatoms. The lowest BCUT2D eigenvalue weighted by Crippen LogP contribution is -2.61. The first-order valence-electron chi connectivity index (χ1n) is 9.35. The molecule has 5 nitrogen and oxygen atoms in total. The van der Waals surface area contributed by atoms with Gasteiger partial charge in [-0.1, -0.05) is 11.6 Å². The van der Waals surface area contributed by atoms with Crippen LogP contribution in [0.2, 0.25) is 5.02 Å². The number of nitrogens with one attached hydrogen (secondary N) is 1. The molecule has 0 spiro atoms. The number of carbonyl (C=O) groups is 2. The largest absolute Gasteiger partial charge is 0.507 e. The predicted octanol–water partition coefficient (Wildman–Crippen LogP) is 3.68. The minimum atomic E-state index is -0.911. The summed E-state index contributed by atoms with van der Waals surface area (Å²) in [6, 6.07) is 4.17. The zero-order valence-corrected chi connectivity index (χ0v) is 15.6. The quantitative estimate of drug-likeness (QED) is 0.785. The molecule has 4 saturated carbocycles. The lowest BCUT2D eigenvalue weighted by atomic mass is 9.53. The number of rotatable bonds is 4. The topological polar surface area (TPSA) is 75.6 Å². The fourth-order valence-electron chi connectivity index (χ4n) is 5.58. The summed E-state index contributed by atoms with van der Waals surface area (Å²) in [5.41, 5.74) is -0.113. The van der Waals surface area contributed by atoms with Crippen molar-refractivity contribution in [3.63, 3.8) is 0 Å². The van der Waals surface area contributed by atoms with E-state index in [1.807, 2.05) is 0 Å². The van der Waals surface area contributed by atoms with E-state index in [1.54, 1.807) is 6.92 Å². The van der Waals surface area contributed by atoms with Crippen LogP contribution in [0.4, 0.5) is 0 Å². The van der Waals surface area contributed by atoms with Crippen LogP contribution in [0.25, 0.3) is 0 Å². The Labute approximate surface area is 158 Å². The molecule has 26 heavy (non-hydrogen) atoms. The Morgan fingerprint density at radius 1 is 1.19 bits per heavy atom. The van der Waals surface area contributed by atoms with Gasteiger partial charge in [0.25, 0.3) is 5.91 Å². The van der Waals surface area contributed by atoms with Crippen LogP contribution < -0.4 is 5.32 Å². The maximum absolute atomic E-state index is 12.7. The van der Waals surface area contributed by atoms with Crippen LogP contribution in [-0.4, -0.2) is 28.6 Å². The van der Waals surface area contributed by atoms with Gasteiger partial charge in [0.1, 0.15) is 11.3 Å². The van der Waals surface area contributed by atoms with Gasteiger partial charge in [-0.2, -0.15) is 0 Å². The van der Waals surface area contributed by atoms with Crippen molar-refractivity contribution in [2.75, 3.05) is 0 Å². The van der Waals surface area contributed by atoms with E-state index in [4.69, 9.17) is 16.3 Å². The average Bonchev–Trinajstić information content (AvgIpc) is 2.52. The molecule has 2 N–H and O–H groups in total. The highest BCUT2D eigenvalue weighted by atomic mass is 35.5. The molecule has 4 aliphatic rings. The predicted molar refractivity (Wildman–Crippen MR) is 97.0 cm³/mol. The number of halogens is 1. The lowest BCUT2D eigenvalue weighted by Gasteiger charge is -2.57. The van der Waals surface area contributed by atoms with Crippen molar-refractivity contribution >= 4 is 23.5 Å². The molecule has 0 saturated heterocycles. The van der Waals surface area contributed by atoms with Crippen LogP contribution in [0.1, 0.15) is 55.8 Å². The third-order valence-corrected chi connectivity index (χ3v) is 6.49. The summed E-state index contributed by atoms with van der Waals surface area (Å²) in [7, 11) is 0. The molecule has 4 fully saturated rings. The second kappa shape index (κ2) is 6.45. The highest BCUT2D eigenvalue weighted by Gasteiger charge is 2.51. The molecule has 0 heterocycles. The standard InChI is InChI=1S/C20H24ClNO4/c1-11(26-19(25)16-3-2-15(21)7-17(16)23)18(24)22-20-8-12-4-13(9-20)6-14(5-12)10-20/h2-3,7,11-14,23H,4-6,8-10H2,1H3,(H,22,24)/t11-,12?,13?,14?,20?/m0/s1. The number of benzene rings is 1. The van der Waals surface area contributed by atoms with Crippen molar-refractivity contribution in [1.29, 1.82) is 0 Å². The number of hydrogen-bond acceptors (Lipinski definition) is 4. The number of phenolic OH excluding ortho intramolecular Hbond substituents is 1. The van der Waals surface area contributed by atoms with Crippen molar-refractivity contribution in [3.8, 4) is 5.75 Å². The number of esters is 1. The molecule has 0 aromatic heterocycles. The van der Waals surface area contributed by atoms with Gasteiger partial charge in [0.05, 0.1) is 0 Å². The van der Waals surface area contributed by atoms with Crippen LogP contribution in [0, 0.1) is 17.8 Å². The molecule has 1 aromatic rings. The van der Waals surface area contributed by atoms with Gasteiger partial charge in [-0.05, 0) is 81.4 Å². The molecule has 1 amide bonds. The van der Waals surface area contributed by atoms with Crippen LogP contribution >= 0.6 is 11.6 Å². The highest BCUT2D eigenvalue weighted by Crippen LogP contribution is 2.55. The Hall–Kier alpha value is -1.75. The number of ether oxygens (including phenoxy) is 1. The fraction of sp³-hybridized carbons (Fsp3) is 0.600. The summed E-state index contributed by atoms with van der Waals surface area (Å²) in [6.07, 6.45) is 6.13. The molecular formula is C20H24ClNO4. The second-order valence-corrected chi connectivity index (χ2v) is 8.83. The average molecular weight is 378 g/mol.